The summed E-state index contributed by atoms with van der Waals surface area (Å²) < 4.78 is 0.310. The summed E-state index contributed by atoms with van der Waals surface area (Å²) in [5, 5.41) is 14.9. The largest absolute Gasteiger partial charge is 0.409 e. The predicted octanol–water partition coefficient (Wildman–Crippen LogP) is 1.88. The van der Waals surface area contributed by atoms with E-state index in [2.05, 4.69) is 30.6 Å². The standard InChI is InChI=1S/C11H25N3OS/c1-5-11(6-2,16-4)8-13-7-9(3)10(12)14-15/h9,13,15H,5-8H2,1-4H3,(H2,12,14). The summed E-state index contributed by atoms with van der Waals surface area (Å²) in [4.78, 5) is 0. The van der Waals surface area contributed by atoms with E-state index in [-0.39, 0.29) is 11.8 Å². The molecule has 0 aromatic rings. The van der Waals surface area contributed by atoms with Gasteiger partial charge in [-0.3, -0.25) is 0 Å². The minimum Gasteiger partial charge on any atom is -0.409 e. The fourth-order valence-corrected chi connectivity index (χ4v) is 2.40. The topological polar surface area (TPSA) is 70.6 Å². The lowest BCUT2D eigenvalue weighted by atomic mass is 10.0. The van der Waals surface area contributed by atoms with Crippen LogP contribution in [0.3, 0.4) is 0 Å². The van der Waals surface area contributed by atoms with Crippen molar-refractivity contribution in [3.05, 3.63) is 0 Å². The van der Waals surface area contributed by atoms with Crippen molar-refractivity contribution in [3.63, 3.8) is 0 Å². The van der Waals surface area contributed by atoms with Crippen LogP contribution < -0.4 is 11.1 Å². The van der Waals surface area contributed by atoms with Gasteiger partial charge in [0, 0.05) is 23.8 Å². The minimum atomic E-state index is 0.0678. The summed E-state index contributed by atoms with van der Waals surface area (Å²) in [7, 11) is 0. The zero-order chi connectivity index (χ0) is 12.6. The van der Waals surface area contributed by atoms with Gasteiger partial charge in [-0.05, 0) is 19.1 Å². The van der Waals surface area contributed by atoms with Crippen LogP contribution in [0.5, 0.6) is 0 Å². The van der Waals surface area contributed by atoms with Gasteiger partial charge in [-0.1, -0.05) is 25.9 Å². The minimum absolute atomic E-state index is 0.0678. The van der Waals surface area contributed by atoms with Crippen LogP contribution in [0.4, 0.5) is 0 Å². The molecule has 96 valence electrons. The molecule has 0 spiro atoms. The molecule has 0 fully saturated rings. The Bertz CT molecular complexity index is 209. The molecule has 0 radical (unpaired) electrons. The van der Waals surface area contributed by atoms with E-state index in [4.69, 9.17) is 10.9 Å². The molecule has 0 saturated heterocycles. The van der Waals surface area contributed by atoms with Crippen LogP contribution in [0.1, 0.15) is 33.6 Å². The van der Waals surface area contributed by atoms with Crippen LogP contribution in [0.25, 0.3) is 0 Å². The molecule has 0 aromatic heterocycles. The van der Waals surface area contributed by atoms with E-state index >= 15 is 0 Å². The van der Waals surface area contributed by atoms with Crippen LogP contribution in [0.2, 0.25) is 0 Å². The van der Waals surface area contributed by atoms with E-state index in [0.717, 1.165) is 25.9 Å². The quantitative estimate of drug-likeness (QED) is 0.265. The highest BCUT2D eigenvalue weighted by atomic mass is 32.2. The number of hydrogen-bond donors (Lipinski definition) is 3. The Kier molecular flexibility index (Phi) is 7.58. The Hall–Kier alpha value is -0.420. The van der Waals surface area contributed by atoms with E-state index in [1.165, 1.54) is 0 Å². The monoisotopic (exact) mass is 247 g/mol. The normalized spacial score (nSPS) is 15.1. The summed E-state index contributed by atoms with van der Waals surface area (Å²) in [6, 6.07) is 0. The number of nitrogens with zero attached hydrogens (tertiary/aromatic N) is 1. The SMILES string of the molecule is CCC(CC)(CNCC(C)C(N)=NO)SC. The molecule has 4 N–H and O–H groups in total. The predicted molar refractivity (Wildman–Crippen MR) is 72.3 cm³/mol. The molecule has 0 aliphatic carbocycles. The molecular formula is C11H25N3OS. The van der Waals surface area contributed by atoms with Gasteiger partial charge in [-0.15, -0.1) is 0 Å². The number of rotatable bonds is 8. The Labute approximate surface area is 103 Å². The number of oxime groups is 1. The zero-order valence-electron chi connectivity index (χ0n) is 10.8. The van der Waals surface area contributed by atoms with E-state index in [0.29, 0.717) is 4.75 Å². The maximum Gasteiger partial charge on any atom is 0.143 e. The molecular weight excluding hydrogens is 222 g/mol. The van der Waals surface area contributed by atoms with Crippen LogP contribution in [0, 0.1) is 5.92 Å². The van der Waals surface area contributed by atoms with Crippen molar-refractivity contribution in [1.82, 2.24) is 5.32 Å². The zero-order valence-corrected chi connectivity index (χ0v) is 11.6. The average molecular weight is 247 g/mol. The van der Waals surface area contributed by atoms with Crippen molar-refractivity contribution in [2.75, 3.05) is 19.3 Å². The molecule has 0 aliphatic heterocycles. The van der Waals surface area contributed by atoms with E-state index < -0.39 is 0 Å². The molecule has 0 rings (SSSR count). The van der Waals surface area contributed by atoms with Crippen molar-refractivity contribution in [3.8, 4) is 0 Å². The Morgan fingerprint density at radius 3 is 2.44 bits per heavy atom. The number of nitrogens with one attached hydrogen (secondary N) is 1. The average Bonchev–Trinajstić information content (AvgIpc) is 2.34. The highest BCUT2D eigenvalue weighted by Gasteiger charge is 2.24. The van der Waals surface area contributed by atoms with Crippen molar-refractivity contribution in [1.29, 1.82) is 0 Å². The summed E-state index contributed by atoms with van der Waals surface area (Å²) in [5.74, 6) is 0.355. The van der Waals surface area contributed by atoms with E-state index in [9.17, 15) is 0 Å². The fourth-order valence-electron chi connectivity index (χ4n) is 1.58. The van der Waals surface area contributed by atoms with Crippen LogP contribution in [-0.4, -0.2) is 35.1 Å². The van der Waals surface area contributed by atoms with Gasteiger partial charge in [0.1, 0.15) is 5.84 Å². The Morgan fingerprint density at radius 2 is 2.06 bits per heavy atom. The molecule has 0 amide bonds. The molecule has 0 bridgehead atoms. The summed E-state index contributed by atoms with van der Waals surface area (Å²) in [6.45, 7) is 8.09. The molecule has 0 aromatic carbocycles. The van der Waals surface area contributed by atoms with Crippen LogP contribution >= 0.6 is 11.8 Å². The molecule has 1 atom stereocenters. The first-order valence-corrected chi connectivity index (χ1v) is 7.01. The van der Waals surface area contributed by atoms with Gasteiger partial charge in [-0.2, -0.15) is 11.8 Å². The molecule has 0 heterocycles. The lowest BCUT2D eigenvalue weighted by Gasteiger charge is -2.30. The summed E-state index contributed by atoms with van der Waals surface area (Å²) >= 11 is 1.91. The van der Waals surface area contributed by atoms with Crippen molar-refractivity contribution < 1.29 is 5.21 Å². The van der Waals surface area contributed by atoms with Gasteiger partial charge in [0.2, 0.25) is 0 Å². The molecule has 0 aliphatic rings. The van der Waals surface area contributed by atoms with Gasteiger partial charge in [-0.25, -0.2) is 0 Å². The van der Waals surface area contributed by atoms with Gasteiger partial charge < -0.3 is 16.3 Å². The van der Waals surface area contributed by atoms with Gasteiger partial charge in [0.25, 0.3) is 0 Å². The first kappa shape index (κ1) is 15.6. The lowest BCUT2D eigenvalue weighted by Crippen LogP contribution is -2.40. The van der Waals surface area contributed by atoms with E-state index in [1.54, 1.807) is 0 Å². The van der Waals surface area contributed by atoms with Gasteiger partial charge in [0.15, 0.2) is 0 Å². The Balaban J connectivity index is 4.05. The Morgan fingerprint density at radius 1 is 1.50 bits per heavy atom. The maximum atomic E-state index is 8.53. The van der Waals surface area contributed by atoms with Crippen LogP contribution in [-0.2, 0) is 0 Å². The lowest BCUT2D eigenvalue weighted by molar-refractivity contribution is 0.314. The highest BCUT2D eigenvalue weighted by Crippen LogP contribution is 2.29. The number of nitrogens with two attached hydrogens (primary N) is 1. The van der Waals surface area contributed by atoms with Crippen molar-refractivity contribution in [2.45, 2.75) is 38.4 Å². The number of amidine groups is 1. The molecule has 4 nitrogen and oxygen atoms in total. The van der Waals surface area contributed by atoms with Crippen LogP contribution in [0.15, 0.2) is 5.16 Å². The summed E-state index contributed by atoms with van der Waals surface area (Å²) in [5.41, 5.74) is 5.52. The number of thioether (sulfide) groups is 1. The second-order valence-corrected chi connectivity index (χ2v) is 5.43. The van der Waals surface area contributed by atoms with Crippen molar-refractivity contribution in [2.24, 2.45) is 16.8 Å². The first-order valence-electron chi connectivity index (χ1n) is 5.78. The van der Waals surface area contributed by atoms with Gasteiger partial charge in [0.05, 0.1) is 0 Å². The molecule has 5 heteroatoms. The fraction of sp³-hybridized carbons (Fsp3) is 0.909. The number of hydrogen-bond acceptors (Lipinski definition) is 4. The summed E-state index contributed by atoms with van der Waals surface area (Å²) in [6.07, 6.45) is 4.45. The smallest absolute Gasteiger partial charge is 0.143 e. The second-order valence-electron chi connectivity index (χ2n) is 4.15. The van der Waals surface area contributed by atoms with Gasteiger partial charge >= 0.3 is 0 Å². The third-order valence-electron chi connectivity index (χ3n) is 3.24. The highest BCUT2D eigenvalue weighted by molar-refractivity contribution is 8.00. The third-order valence-corrected chi connectivity index (χ3v) is 4.83. The molecule has 16 heavy (non-hydrogen) atoms. The van der Waals surface area contributed by atoms with Crippen molar-refractivity contribution >= 4 is 17.6 Å². The van der Waals surface area contributed by atoms with E-state index in [1.807, 2.05) is 18.7 Å². The first-order chi connectivity index (χ1) is 7.55. The third kappa shape index (κ3) is 4.61. The maximum absolute atomic E-state index is 8.53. The second kappa shape index (κ2) is 7.79. The molecule has 1 unspecified atom stereocenters. The molecule has 0 saturated carbocycles.